The highest BCUT2D eigenvalue weighted by Crippen LogP contribution is 2.30. The number of aryl methyl sites for hydroxylation is 1. The summed E-state index contributed by atoms with van der Waals surface area (Å²) < 4.78 is 5.42. The van der Waals surface area contributed by atoms with Gasteiger partial charge in [0.2, 0.25) is 23.6 Å². The number of Topliss-reactive ketones (excluding diaryl/α,β-unsaturated/α-hetero) is 1. The van der Waals surface area contributed by atoms with Crippen molar-refractivity contribution in [3.8, 4) is 0 Å². The molecule has 0 radical (unpaired) electrons. The van der Waals surface area contributed by atoms with Gasteiger partial charge in [0.1, 0.15) is 23.7 Å². The highest BCUT2D eigenvalue weighted by molar-refractivity contribution is 6.71. The van der Waals surface area contributed by atoms with E-state index in [4.69, 9.17) is 4.74 Å². The average molecular weight is 778 g/mol. The molecular weight excluding hydrogens is 715 g/mol. The first-order valence-corrected chi connectivity index (χ1v) is 22.9. The van der Waals surface area contributed by atoms with Gasteiger partial charge in [-0.3, -0.25) is 28.9 Å². The van der Waals surface area contributed by atoms with Crippen LogP contribution in [0.3, 0.4) is 0 Å². The first kappa shape index (κ1) is 43.8. The molecular formula is C42H63N5O7Si. The molecule has 2 aromatic rings. The van der Waals surface area contributed by atoms with Gasteiger partial charge in [-0.15, -0.1) is 0 Å². The van der Waals surface area contributed by atoms with Crippen molar-refractivity contribution in [3.05, 3.63) is 71.8 Å². The average Bonchev–Trinajstić information content (AvgIpc) is 3.86. The van der Waals surface area contributed by atoms with Crippen molar-refractivity contribution in [1.82, 2.24) is 26.2 Å². The molecule has 2 aromatic carbocycles. The molecule has 0 bridgehead atoms. The number of ether oxygens (including phenoxy) is 1. The van der Waals surface area contributed by atoms with Crippen LogP contribution in [0.15, 0.2) is 60.7 Å². The third kappa shape index (κ3) is 14.0. The number of benzene rings is 2. The normalized spacial score (nSPS) is 19.5. The van der Waals surface area contributed by atoms with Gasteiger partial charge in [-0.05, 0) is 75.1 Å². The van der Waals surface area contributed by atoms with E-state index in [1.54, 1.807) is 6.92 Å². The number of carbonyl (C=O) groups excluding carboxylic acids is 5. The Morgan fingerprint density at radius 2 is 1.25 bits per heavy atom. The van der Waals surface area contributed by atoms with Gasteiger partial charge in [0.15, 0.2) is 14.1 Å². The Morgan fingerprint density at radius 1 is 0.745 bits per heavy atom. The third-order valence-electron chi connectivity index (χ3n) is 10.6. The molecule has 4 rings (SSSR count). The molecule has 5 N–H and O–H groups in total. The molecule has 0 aliphatic carbocycles. The van der Waals surface area contributed by atoms with Gasteiger partial charge in [0.25, 0.3) is 0 Å². The summed E-state index contributed by atoms with van der Waals surface area (Å²) in [5.41, 5.74) is 1.09. The predicted octanol–water partition coefficient (Wildman–Crippen LogP) is 3.52. The van der Waals surface area contributed by atoms with Gasteiger partial charge < -0.3 is 30.8 Å². The topological polar surface area (TPSA) is 169 Å². The lowest BCUT2D eigenvalue weighted by Crippen LogP contribution is -2.59. The Hall–Kier alpha value is -3.91. The van der Waals surface area contributed by atoms with E-state index in [-0.39, 0.29) is 42.0 Å². The number of nitrogens with zero attached hydrogens (tertiary/aromatic N) is 1. The molecule has 2 heterocycles. The molecule has 5 atom stereocenters. The zero-order valence-electron chi connectivity index (χ0n) is 33.7. The second kappa shape index (κ2) is 19.8. The number of likely N-dealkylation sites (tertiary alicyclic amines) is 1. The van der Waals surface area contributed by atoms with Crippen LogP contribution in [0, 0.1) is 11.8 Å². The fourth-order valence-corrected chi connectivity index (χ4v) is 8.19. The van der Waals surface area contributed by atoms with E-state index in [1.807, 2.05) is 106 Å². The van der Waals surface area contributed by atoms with Crippen LogP contribution < -0.4 is 21.3 Å². The number of rotatable bonds is 22. The van der Waals surface area contributed by atoms with Crippen LogP contribution in [0.1, 0.15) is 71.4 Å². The van der Waals surface area contributed by atoms with E-state index in [0.29, 0.717) is 51.8 Å². The van der Waals surface area contributed by atoms with Crippen molar-refractivity contribution in [2.24, 2.45) is 11.8 Å². The maximum atomic E-state index is 14.2. The fraction of sp³-hybridized carbons (Fsp3) is 0.595. The van der Waals surface area contributed by atoms with Gasteiger partial charge in [0.05, 0.1) is 19.2 Å². The van der Waals surface area contributed by atoms with Crippen LogP contribution in [0.4, 0.5) is 0 Å². The summed E-state index contributed by atoms with van der Waals surface area (Å²) in [5, 5.41) is 11.7. The second-order valence-corrected chi connectivity index (χ2v) is 21.2. The lowest BCUT2D eigenvalue weighted by atomic mass is 9.93. The summed E-state index contributed by atoms with van der Waals surface area (Å²) in [4.78, 5) is 81.4. The van der Waals surface area contributed by atoms with E-state index in [2.05, 4.69) is 21.3 Å². The Kier molecular flexibility index (Phi) is 15.8. The minimum Gasteiger partial charge on any atom is -0.432 e. The number of carbonyl (C=O) groups is 5. The summed E-state index contributed by atoms with van der Waals surface area (Å²) in [6.45, 7) is 15.2. The second-order valence-electron chi connectivity index (χ2n) is 17.0. The zero-order valence-corrected chi connectivity index (χ0v) is 34.7. The number of amides is 4. The Balaban J connectivity index is 1.51. The number of hydrogen-bond acceptors (Lipinski definition) is 8. The largest absolute Gasteiger partial charge is 0.432 e. The molecule has 0 spiro atoms. The van der Waals surface area contributed by atoms with E-state index >= 15 is 0 Å². The SMILES string of the molecule is CC(C)CC[C@H](NC(=O)[C@H](CCc1ccccc1)NC(=O)CN1CC([Si](C)(C)O)C1)C(=O)N[C@@H](Cc1ccccc1)C(=O)N[C@@H](CC(C)C)C(=O)[C@@]1(C)CO1. The summed E-state index contributed by atoms with van der Waals surface area (Å²) >= 11 is 0. The van der Waals surface area contributed by atoms with E-state index in [1.165, 1.54) is 0 Å². The molecule has 0 saturated carbocycles. The van der Waals surface area contributed by atoms with E-state index in [0.717, 1.165) is 11.1 Å². The Labute approximate surface area is 328 Å². The van der Waals surface area contributed by atoms with Crippen molar-refractivity contribution >= 4 is 37.7 Å². The van der Waals surface area contributed by atoms with Crippen LogP contribution in [0.25, 0.3) is 0 Å². The molecule has 4 amide bonds. The molecule has 0 aromatic heterocycles. The molecule has 2 aliphatic rings. The number of epoxide rings is 1. The van der Waals surface area contributed by atoms with Crippen LogP contribution in [0.5, 0.6) is 0 Å². The molecule has 2 fully saturated rings. The van der Waals surface area contributed by atoms with Crippen molar-refractivity contribution in [2.45, 2.75) is 122 Å². The first-order valence-electron chi connectivity index (χ1n) is 19.8. The Morgan fingerprint density at radius 3 is 1.78 bits per heavy atom. The first-order chi connectivity index (χ1) is 25.9. The molecule has 13 heteroatoms. The molecule has 12 nitrogen and oxygen atoms in total. The predicted molar refractivity (Wildman–Crippen MR) is 215 cm³/mol. The van der Waals surface area contributed by atoms with E-state index in [9.17, 15) is 28.8 Å². The number of nitrogens with one attached hydrogen (secondary N) is 4. The highest BCUT2D eigenvalue weighted by Gasteiger charge is 2.50. The monoisotopic (exact) mass is 777 g/mol. The van der Waals surface area contributed by atoms with Gasteiger partial charge in [-0.25, -0.2) is 0 Å². The summed E-state index contributed by atoms with van der Waals surface area (Å²) in [6, 6.07) is 15.3. The standard InChI is InChI=1S/C42H63N5O7Si/c1-28(2)18-20-34(44-39(50)33(21-19-30-14-10-8-11-15-30)43-37(48)26-47-24-32(25-47)55(6,7)53)40(51)46-36(23-31-16-12-9-13-17-31)41(52)45-35(22-29(3)4)38(49)42(5)27-54-42/h8-17,28-29,32-36,53H,18-27H2,1-7H3,(H,43,48)(H,44,50)(H,45,52)(H,46,51)/t33-,34-,35-,36-,42+/m0/s1. The molecule has 2 saturated heterocycles. The van der Waals surface area contributed by atoms with Crippen LogP contribution >= 0.6 is 0 Å². The van der Waals surface area contributed by atoms with Crippen LogP contribution in [0.2, 0.25) is 18.6 Å². The fourth-order valence-electron chi connectivity index (χ4n) is 6.78. The van der Waals surface area contributed by atoms with Gasteiger partial charge >= 0.3 is 0 Å². The zero-order chi connectivity index (χ0) is 40.3. The lowest BCUT2D eigenvalue weighted by Gasteiger charge is -2.43. The maximum Gasteiger partial charge on any atom is 0.243 e. The van der Waals surface area contributed by atoms with Crippen molar-refractivity contribution in [3.63, 3.8) is 0 Å². The minimum atomic E-state index is -2.30. The van der Waals surface area contributed by atoms with Crippen LogP contribution in [-0.2, 0) is 41.6 Å². The summed E-state index contributed by atoms with van der Waals surface area (Å²) in [6.07, 6.45) is 2.36. The summed E-state index contributed by atoms with van der Waals surface area (Å²) in [7, 11) is -2.30. The molecule has 302 valence electrons. The smallest absolute Gasteiger partial charge is 0.243 e. The van der Waals surface area contributed by atoms with Gasteiger partial charge in [0, 0.05) is 25.1 Å². The highest BCUT2D eigenvalue weighted by atomic mass is 28.4. The molecule has 55 heavy (non-hydrogen) atoms. The van der Waals surface area contributed by atoms with Crippen molar-refractivity contribution < 1.29 is 33.5 Å². The quantitative estimate of drug-likeness (QED) is 0.0894. The summed E-state index contributed by atoms with van der Waals surface area (Å²) in [5.74, 6) is -1.66. The van der Waals surface area contributed by atoms with E-state index < -0.39 is 55.8 Å². The molecule has 2 aliphatic heterocycles. The van der Waals surface area contributed by atoms with Gasteiger partial charge in [-0.1, -0.05) is 88.4 Å². The number of ketones is 1. The molecule has 0 unspecified atom stereocenters. The van der Waals surface area contributed by atoms with Gasteiger partial charge in [-0.2, -0.15) is 0 Å². The third-order valence-corrected chi connectivity index (χ3v) is 12.9. The maximum absolute atomic E-state index is 14.2. The number of hydrogen-bond donors (Lipinski definition) is 5. The van der Waals surface area contributed by atoms with Crippen LogP contribution in [-0.4, -0.2) is 103 Å². The Bertz CT molecular complexity index is 1590. The van der Waals surface area contributed by atoms with Crippen molar-refractivity contribution in [1.29, 1.82) is 0 Å². The van der Waals surface area contributed by atoms with Crippen molar-refractivity contribution in [2.75, 3.05) is 26.2 Å². The lowest BCUT2D eigenvalue weighted by molar-refractivity contribution is -0.135. The minimum absolute atomic E-state index is 0.106.